The predicted octanol–water partition coefficient (Wildman–Crippen LogP) is 4.05. The summed E-state index contributed by atoms with van der Waals surface area (Å²) in [4.78, 5) is 13.8. The molecule has 1 aliphatic rings. The number of phenolic OH excluding ortho intramolecular Hbond substituents is 1. The second-order valence-electron chi connectivity index (χ2n) is 6.76. The summed E-state index contributed by atoms with van der Waals surface area (Å²) in [6.45, 7) is 7.13. The number of carbonyl (C=O) groups excluding carboxylic acids is 1. The number of amides is 1. The van der Waals surface area contributed by atoms with Gasteiger partial charge in [0.25, 0.3) is 0 Å². The van der Waals surface area contributed by atoms with Gasteiger partial charge in [0, 0.05) is 13.1 Å². The van der Waals surface area contributed by atoms with Gasteiger partial charge in [-0.05, 0) is 57.2 Å². The summed E-state index contributed by atoms with van der Waals surface area (Å²) in [6.07, 6.45) is 5.96. The lowest BCUT2D eigenvalue weighted by Gasteiger charge is -2.32. The van der Waals surface area contributed by atoms with E-state index in [1.807, 2.05) is 32.9 Å². The van der Waals surface area contributed by atoms with Crippen molar-refractivity contribution < 1.29 is 14.6 Å². The second kappa shape index (κ2) is 6.86. The summed E-state index contributed by atoms with van der Waals surface area (Å²) in [5.41, 5.74) is 0.638. The molecule has 1 aromatic carbocycles. The summed E-state index contributed by atoms with van der Waals surface area (Å²) < 4.78 is 5.40. The first-order chi connectivity index (χ1) is 10.3. The van der Waals surface area contributed by atoms with Crippen LogP contribution in [0.1, 0.15) is 39.2 Å². The quantitative estimate of drug-likeness (QED) is 0.896. The molecule has 0 unspecified atom stereocenters. The predicted molar refractivity (Wildman–Crippen MR) is 87.7 cm³/mol. The van der Waals surface area contributed by atoms with Crippen molar-refractivity contribution in [3.05, 3.63) is 35.9 Å². The molecule has 1 N–H and O–H groups in total. The normalized spacial score (nSPS) is 17.0. The SMILES string of the molecule is CC(C)(C)OC(=O)N1CCC(C=Cc2ccc(O)cc2)CC1. The fourth-order valence-electron chi connectivity index (χ4n) is 2.43. The highest BCUT2D eigenvalue weighted by Crippen LogP contribution is 2.22. The molecule has 4 heteroatoms. The van der Waals surface area contributed by atoms with Crippen LogP contribution in [-0.2, 0) is 4.74 Å². The Morgan fingerprint density at radius 1 is 1.23 bits per heavy atom. The third-order valence-electron chi connectivity index (χ3n) is 3.65. The highest BCUT2D eigenvalue weighted by atomic mass is 16.6. The minimum atomic E-state index is -0.438. The molecule has 0 spiro atoms. The Bertz CT molecular complexity index is 520. The number of nitrogens with zero attached hydrogens (tertiary/aromatic N) is 1. The van der Waals surface area contributed by atoms with E-state index in [0.29, 0.717) is 5.92 Å². The van der Waals surface area contributed by atoms with Gasteiger partial charge in [-0.2, -0.15) is 0 Å². The van der Waals surface area contributed by atoms with Crippen LogP contribution in [0.25, 0.3) is 6.08 Å². The average molecular weight is 303 g/mol. The van der Waals surface area contributed by atoms with Crippen molar-refractivity contribution in [1.82, 2.24) is 4.90 Å². The van der Waals surface area contributed by atoms with Gasteiger partial charge in [-0.25, -0.2) is 4.79 Å². The molecule has 1 amide bonds. The van der Waals surface area contributed by atoms with Crippen molar-refractivity contribution in [2.24, 2.45) is 5.92 Å². The highest BCUT2D eigenvalue weighted by molar-refractivity contribution is 5.68. The van der Waals surface area contributed by atoms with Crippen LogP contribution in [0, 0.1) is 5.92 Å². The van der Waals surface area contributed by atoms with Crippen LogP contribution in [0.2, 0.25) is 0 Å². The molecule has 1 fully saturated rings. The lowest BCUT2D eigenvalue weighted by molar-refractivity contribution is 0.0197. The summed E-state index contributed by atoms with van der Waals surface area (Å²) in [7, 11) is 0. The van der Waals surface area contributed by atoms with Crippen LogP contribution < -0.4 is 0 Å². The number of hydrogen-bond donors (Lipinski definition) is 1. The Morgan fingerprint density at radius 2 is 1.82 bits per heavy atom. The van der Waals surface area contributed by atoms with Crippen LogP contribution >= 0.6 is 0 Å². The third-order valence-corrected chi connectivity index (χ3v) is 3.65. The molecule has 0 bridgehead atoms. The molecule has 0 aliphatic carbocycles. The molecule has 1 aromatic rings. The van der Waals surface area contributed by atoms with Crippen molar-refractivity contribution in [3.63, 3.8) is 0 Å². The van der Waals surface area contributed by atoms with E-state index in [1.54, 1.807) is 17.0 Å². The molecule has 4 nitrogen and oxygen atoms in total. The lowest BCUT2D eigenvalue weighted by atomic mass is 9.96. The van der Waals surface area contributed by atoms with Crippen LogP contribution in [0.15, 0.2) is 30.3 Å². The van der Waals surface area contributed by atoms with E-state index in [2.05, 4.69) is 12.2 Å². The van der Waals surface area contributed by atoms with Crippen molar-refractivity contribution in [2.45, 2.75) is 39.2 Å². The standard InChI is InChI=1S/C18H25NO3/c1-18(2,3)22-17(21)19-12-10-15(11-13-19)5-4-14-6-8-16(20)9-7-14/h4-9,15,20H,10-13H2,1-3H3. The molecule has 22 heavy (non-hydrogen) atoms. The number of benzene rings is 1. The minimum Gasteiger partial charge on any atom is -0.508 e. The topological polar surface area (TPSA) is 49.8 Å². The van der Waals surface area contributed by atoms with E-state index in [9.17, 15) is 9.90 Å². The van der Waals surface area contributed by atoms with Crippen molar-refractivity contribution in [1.29, 1.82) is 0 Å². The van der Waals surface area contributed by atoms with E-state index in [0.717, 1.165) is 31.5 Å². The van der Waals surface area contributed by atoms with E-state index >= 15 is 0 Å². The molecule has 0 aromatic heterocycles. The summed E-state index contributed by atoms with van der Waals surface area (Å²) in [6, 6.07) is 7.15. The van der Waals surface area contributed by atoms with E-state index in [-0.39, 0.29) is 11.8 Å². The number of likely N-dealkylation sites (tertiary alicyclic amines) is 1. The smallest absolute Gasteiger partial charge is 0.410 e. The monoisotopic (exact) mass is 303 g/mol. The van der Waals surface area contributed by atoms with Crippen molar-refractivity contribution in [3.8, 4) is 5.75 Å². The summed E-state index contributed by atoms with van der Waals surface area (Å²) in [5, 5.41) is 9.26. The molecule has 120 valence electrons. The van der Waals surface area contributed by atoms with Crippen LogP contribution in [0.5, 0.6) is 5.75 Å². The number of rotatable bonds is 2. The van der Waals surface area contributed by atoms with Crippen LogP contribution in [-0.4, -0.2) is 34.8 Å². The third kappa shape index (κ3) is 5.10. The molecule has 1 aliphatic heterocycles. The summed E-state index contributed by atoms with van der Waals surface area (Å²) in [5.74, 6) is 0.760. The fourth-order valence-corrected chi connectivity index (χ4v) is 2.43. The van der Waals surface area contributed by atoms with E-state index in [4.69, 9.17) is 4.74 Å². The minimum absolute atomic E-state index is 0.214. The van der Waals surface area contributed by atoms with Gasteiger partial charge < -0.3 is 14.7 Å². The zero-order chi connectivity index (χ0) is 16.2. The Morgan fingerprint density at radius 3 is 2.36 bits per heavy atom. The maximum atomic E-state index is 12.0. The molecule has 0 saturated carbocycles. The largest absolute Gasteiger partial charge is 0.508 e. The van der Waals surface area contributed by atoms with Crippen molar-refractivity contribution in [2.75, 3.05) is 13.1 Å². The van der Waals surface area contributed by atoms with Gasteiger partial charge in [0.15, 0.2) is 0 Å². The van der Waals surface area contributed by atoms with Gasteiger partial charge in [-0.15, -0.1) is 0 Å². The molecular formula is C18H25NO3. The molecule has 1 saturated heterocycles. The van der Waals surface area contributed by atoms with Crippen LogP contribution in [0.3, 0.4) is 0 Å². The Balaban J connectivity index is 1.82. The van der Waals surface area contributed by atoms with E-state index in [1.165, 1.54) is 0 Å². The lowest BCUT2D eigenvalue weighted by Crippen LogP contribution is -2.41. The number of piperidine rings is 1. The van der Waals surface area contributed by atoms with Gasteiger partial charge in [0.2, 0.25) is 0 Å². The number of phenols is 1. The Kier molecular flexibility index (Phi) is 5.11. The Hall–Kier alpha value is -1.97. The van der Waals surface area contributed by atoms with Gasteiger partial charge in [-0.1, -0.05) is 24.3 Å². The number of allylic oxidation sites excluding steroid dienone is 1. The van der Waals surface area contributed by atoms with Gasteiger partial charge in [0.1, 0.15) is 11.4 Å². The number of carbonyl (C=O) groups is 1. The van der Waals surface area contributed by atoms with Gasteiger partial charge >= 0.3 is 6.09 Å². The Labute approximate surface area is 132 Å². The van der Waals surface area contributed by atoms with Gasteiger partial charge in [0.05, 0.1) is 0 Å². The summed E-state index contributed by atoms with van der Waals surface area (Å²) >= 11 is 0. The van der Waals surface area contributed by atoms with E-state index < -0.39 is 5.60 Å². The molecule has 2 rings (SSSR count). The maximum absolute atomic E-state index is 12.0. The molecular weight excluding hydrogens is 278 g/mol. The zero-order valence-electron chi connectivity index (χ0n) is 13.6. The molecule has 1 heterocycles. The first-order valence-corrected chi connectivity index (χ1v) is 7.79. The average Bonchev–Trinajstić information content (AvgIpc) is 2.45. The molecule has 0 radical (unpaired) electrons. The number of aromatic hydroxyl groups is 1. The zero-order valence-corrected chi connectivity index (χ0v) is 13.6. The first-order valence-electron chi connectivity index (χ1n) is 7.79. The van der Waals surface area contributed by atoms with Crippen LogP contribution in [0.4, 0.5) is 4.79 Å². The highest BCUT2D eigenvalue weighted by Gasteiger charge is 2.25. The molecule has 0 atom stereocenters. The second-order valence-corrected chi connectivity index (χ2v) is 6.76. The van der Waals surface area contributed by atoms with Crippen molar-refractivity contribution >= 4 is 12.2 Å². The first kappa shape index (κ1) is 16.4. The number of hydrogen-bond acceptors (Lipinski definition) is 3. The fraction of sp³-hybridized carbons (Fsp3) is 0.500. The number of ether oxygens (including phenoxy) is 1. The maximum Gasteiger partial charge on any atom is 0.410 e. The van der Waals surface area contributed by atoms with Gasteiger partial charge in [-0.3, -0.25) is 0 Å².